The first-order valence-electron chi connectivity index (χ1n) is 8.90. The highest BCUT2D eigenvalue weighted by Crippen LogP contribution is 2.38. The molecule has 2 aliphatic heterocycles. The molecule has 0 saturated carbocycles. The zero-order valence-corrected chi connectivity index (χ0v) is 15.2. The molecule has 2 aliphatic rings. The van der Waals surface area contributed by atoms with Crippen LogP contribution in [-0.4, -0.2) is 47.2 Å². The lowest BCUT2D eigenvalue weighted by Crippen LogP contribution is -2.42. The molecule has 2 aromatic rings. The third-order valence-corrected chi connectivity index (χ3v) is 5.16. The van der Waals surface area contributed by atoms with Crippen molar-refractivity contribution in [2.45, 2.75) is 19.4 Å². The van der Waals surface area contributed by atoms with Crippen LogP contribution in [0.3, 0.4) is 0 Å². The smallest absolute Gasteiger partial charge is 0.320 e. The number of carbonyl (C=O) groups is 1. The summed E-state index contributed by atoms with van der Waals surface area (Å²) in [6.45, 7) is 2.94. The topological polar surface area (TPSA) is 53.0 Å². The average molecular weight is 373 g/mol. The molecule has 5 nitrogen and oxygen atoms in total. The van der Waals surface area contributed by atoms with Crippen molar-refractivity contribution in [1.29, 1.82) is 0 Å². The third-order valence-electron chi connectivity index (χ3n) is 4.92. The van der Waals surface area contributed by atoms with Crippen LogP contribution < -0.4 is 4.74 Å². The van der Waals surface area contributed by atoms with Gasteiger partial charge in [-0.25, -0.2) is 4.79 Å². The number of benzene rings is 2. The zero-order chi connectivity index (χ0) is 18.1. The lowest BCUT2D eigenvalue weighted by Gasteiger charge is -2.26. The van der Waals surface area contributed by atoms with Crippen LogP contribution >= 0.6 is 11.6 Å². The molecule has 0 radical (unpaired) electrons. The maximum absolute atomic E-state index is 12.8. The molecule has 0 atom stereocenters. The number of carbonyl (C=O) groups excluding carboxylic acids is 1. The molecule has 2 aromatic carbocycles. The van der Waals surface area contributed by atoms with E-state index in [-0.39, 0.29) is 11.8 Å². The summed E-state index contributed by atoms with van der Waals surface area (Å²) in [4.78, 5) is 16.5. The first kappa shape index (κ1) is 17.0. The van der Waals surface area contributed by atoms with Crippen LogP contribution in [0.4, 0.5) is 4.79 Å². The van der Waals surface area contributed by atoms with Gasteiger partial charge in [0.1, 0.15) is 6.61 Å². The predicted octanol–water partition coefficient (Wildman–Crippen LogP) is 4.12. The summed E-state index contributed by atoms with van der Waals surface area (Å²) in [7, 11) is 0. The second-order valence-corrected chi connectivity index (χ2v) is 7.18. The van der Waals surface area contributed by atoms with Gasteiger partial charge in [0.25, 0.3) is 0 Å². The molecular formula is C20H21ClN2O3. The van der Waals surface area contributed by atoms with E-state index in [2.05, 4.69) is 0 Å². The van der Waals surface area contributed by atoms with Crippen LogP contribution in [0.1, 0.15) is 18.4 Å². The van der Waals surface area contributed by atoms with E-state index < -0.39 is 0 Å². The minimum absolute atomic E-state index is 0.0478. The molecule has 1 N–H and O–H groups in total. The third kappa shape index (κ3) is 3.31. The number of nitrogens with zero attached hydrogens (tertiary/aromatic N) is 2. The molecule has 6 heteroatoms. The van der Waals surface area contributed by atoms with E-state index in [1.165, 1.54) is 0 Å². The van der Waals surface area contributed by atoms with E-state index >= 15 is 0 Å². The highest BCUT2D eigenvalue weighted by atomic mass is 35.5. The van der Waals surface area contributed by atoms with E-state index in [0.717, 1.165) is 42.6 Å². The summed E-state index contributed by atoms with van der Waals surface area (Å²) in [6.07, 6.45) is 2.12. The van der Waals surface area contributed by atoms with Gasteiger partial charge < -0.3 is 19.6 Å². The number of phenolic OH excluding ortho intramolecular Hbond substituents is 1. The Labute approximate surface area is 157 Å². The highest BCUT2D eigenvalue weighted by Gasteiger charge is 2.27. The van der Waals surface area contributed by atoms with Crippen molar-refractivity contribution in [3.05, 3.63) is 47.0 Å². The number of amides is 2. The molecule has 2 amide bonds. The summed E-state index contributed by atoms with van der Waals surface area (Å²) in [5.74, 6) is 0.556. The molecule has 1 fully saturated rings. The molecule has 4 rings (SSSR count). The maximum atomic E-state index is 12.8. The van der Waals surface area contributed by atoms with Gasteiger partial charge in [-0.3, -0.25) is 0 Å². The van der Waals surface area contributed by atoms with Gasteiger partial charge in [-0.15, -0.1) is 0 Å². The number of urea groups is 1. The van der Waals surface area contributed by atoms with Gasteiger partial charge in [-0.2, -0.15) is 0 Å². The number of ether oxygens (including phenoxy) is 1. The largest absolute Gasteiger partial charge is 0.504 e. The van der Waals surface area contributed by atoms with E-state index in [4.69, 9.17) is 16.3 Å². The van der Waals surface area contributed by atoms with Gasteiger partial charge >= 0.3 is 6.03 Å². The van der Waals surface area contributed by atoms with Crippen LogP contribution in [0, 0.1) is 0 Å². The molecule has 0 unspecified atom stereocenters. The fraction of sp³-hybridized carbons (Fsp3) is 0.350. The standard InChI is InChI=1S/C20H21ClN2O3/c21-17-5-3-4-14(11-17)15-10-16-13-23(20(25)22-6-1-2-7-22)8-9-26-19(16)18(24)12-15/h3-5,10-12,24H,1-2,6-9,13H2. The first-order valence-corrected chi connectivity index (χ1v) is 9.28. The van der Waals surface area contributed by atoms with Crippen molar-refractivity contribution in [1.82, 2.24) is 9.80 Å². The lowest BCUT2D eigenvalue weighted by molar-refractivity contribution is 0.154. The van der Waals surface area contributed by atoms with Crippen molar-refractivity contribution in [2.75, 3.05) is 26.2 Å². The molecule has 1 saturated heterocycles. The minimum atomic E-state index is 0.0478. The Hall–Kier alpha value is -2.40. The number of phenols is 1. The molecular weight excluding hydrogens is 352 g/mol. The number of aromatic hydroxyl groups is 1. The van der Waals surface area contributed by atoms with Gasteiger partial charge in [0.2, 0.25) is 0 Å². The minimum Gasteiger partial charge on any atom is -0.504 e. The summed E-state index contributed by atoms with van der Waals surface area (Å²) < 4.78 is 5.75. The molecule has 136 valence electrons. The van der Waals surface area contributed by atoms with Crippen LogP contribution in [0.5, 0.6) is 11.5 Å². The van der Waals surface area contributed by atoms with Crippen molar-refractivity contribution < 1.29 is 14.6 Å². The Bertz CT molecular complexity index is 834. The molecule has 0 aromatic heterocycles. The Morgan fingerprint density at radius 1 is 1.04 bits per heavy atom. The first-order chi connectivity index (χ1) is 12.6. The number of halogens is 1. The number of rotatable bonds is 1. The van der Waals surface area contributed by atoms with Crippen molar-refractivity contribution in [3.63, 3.8) is 0 Å². The number of hydrogen-bond acceptors (Lipinski definition) is 3. The van der Waals surface area contributed by atoms with Crippen LogP contribution in [0.25, 0.3) is 11.1 Å². The van der Waals surface area contributed by atoms with Gasteiger partial charge in [-0.05, 0) is 48.2 Å². The van der Waals surface area contributed by atoms with E-state index in [1.54, 1.807) is 11.0 Å². The van der Waals surface area contributed by atoms with Crippen molar-refractivity contribution >= 4 is 17.6 Å². The molecule has 2 heterocycles. The SMILES string of the molecule is O=C(N1CCCC1)N1CCOc2c(O)cc(-c3cccc(Cl)c3)cc2C1. The number of fused-ring (bicyclic) bond motifs is 1. The Balaban J connectivity index is 1.66. The number of hydrogen-bond donors (Lipinski definition) is 1. The fourth-order valence-corrected chi connectivity index (χ4v) is 3.80. The van der Waals surface area contributed by atoms with Gasteiger partial charge in [0, 0.05) is 23.7 Å². The van der Waals surface area contributed by atoms with Crippen LogP contribution in [-0.2, 0) is 6.54 Å². The molecule has 0 aliphatic carbocycles. The maximum Gasteiger partial charge on any atom is 0.320 e. The summed E-state index contributed by atoms with van der Waals surface area (Å²) in [5, 5.41) is 11.1. The van der Waals surface area contributed by atoms with Crippen molar-refractivity contribution in [3.8, 4) is 22.6 Å². The fourth-order valence-electron chi connectivity index (χ4n) is 3.61. The van der Waals surface area contributed by atoms with E-state index in [0.29, 0.717) is 30.5 Å². The van der Waals surface area contributed by atoms with Gasteiger partial charge in [-0.1, -0.05) is 23.7 Å². The highest BCUT2D eigenvalue weighted by molar-refractivity contribution is 6.30. The lowest BCUT2D eigenvalue weighted by atomic mass is 10.0. The van der Waals surface area contributed by atoms with E-state index in [1.807, 2.05) is 35.2 Å². The predicted molar refractivity (Wildman–Crippen MR) is 101 cm³/mol. The average Bonchev–Trinajstić information content (AvgIpc) is 3.08. The second kappa shape index (κ2) is 7.08. The Morgan fingerprint density at radius 3 is 2.62 bits per heavy atom. The second-order valence-electron chi connectivity index (χ2n) is 6.74. The summed E-state index contributed by atoms with van der Waals surface area (Å²) >= 11 is 6.10. The van der Waals surface area contributed by atoms with Crippen molar-refractivity contribution in [2.24, 2.45) is 0 Å². The molecule has 26 heavy (non-hydrogen) atoms. The van der Waals surface area contributed by atoms with Crippen LogP contribution in [0.2, 0.25) is 5.02 Å². The molecule has 0 spiro atoms. The zero-order valence-electron chi connectivity index (χ0n) is 14.4. The quantitative estimate of drug-likeness (QED) is 0.819. The summed E-state index contributed by atoms with van der Waals surface area (Å²) in [6, 6.07) is 11.2. The monoisotopic (exact) mass is 372 g/mol. The Kier molecular flexibility index (Phi) is 4.64. The van der Waals surface area contributed by atoms with Gasteiger partial charge in [0.15, 0.2) is 11.5 Å². The Morgan fingerprint density at radius 2 is 1.85 bits per heavy atom. The molecule has 0 bridgehead atoms. The normalized spacial score (nSPS) is 16.8. The van der Waals surface area contributed by atoms with E-state index in [9.17, 15) is 9.90 Å². The summed E-state index contributed by atoms with van der Waals surface area (Å²) in [5.41, 5.74) is 2.57. The number of likely N-dealkylation sites (tertiary alicyclic amines) is 1. The van der Waals surface area contributed by atoms with Gasteiger partial charge in [0.05, 0.1) is 13.1 Å². The van der Waals surface area contributed by atoms with Crippen LogP contribution in [0.15, 0.2) is 36.4 Å².